The maximum absolute atomic E-state index is 14.0. The highest BCUT2D eigenvalue weighted by Crippen LogP contribution is 2.31. The molecule has 33 heavy (non-hydrogen) atoms. The highest BCUT2D eigenvalue weighted by Gasteiger charge is 2.31. The van der Waals surface area contributed by atoms with Crippen LogP contribution in [0.15, 0.2) is 21.9 Å². The standard InChI is InChI=1S/C24H31FN4O3S/c25-16-13-20-21(26-14-16)28(19-9-11-33-12-10-19)24(32)29(23(20)31)18-7-5-17(6-8-18)27-22(30)15-3-1-2-4-15/h13-15,17-19H,1-12H2,(H,27,30). The fraction of sp³-hybridized carbons (Fsp3) is 0.667. The number of nitrogens with zero attached hydrogens (tertiary/aromatic N) is 3. The van der Waals surface area contributed by atoms with E-state index in [2.05, 4.69) is 10.3 Å². The van der Waals surface area contributed by atoms with Crippen LogP contribution in [-0.2, 0) is 4.79 Å². The van der Waals surface area contributed by atoms with Crippen molar-refractivity contribution in [3.63, 3.8) is 0 Å². The van der Waals surface area contributed by atoms with Gasteiger partial charge >= 0.3 is 5.69 Å². The number of rotatable bonds is 4. The van der Waals surface area contributed by atoms with Gasteiger partial charge in [0.05, 0.1) is 11.6 Å². The van der Waals surface area contributed by atoms with Gasteiger partial charge in [0, 0.05) is 24.0 Å². The Morgan fingerprint density at radius 3 is 2.33 bits per heavy atom. The summed E-state index contributed by atoms with van der Waals surface area (Å²) in [5.74, 6) is 1.61. The number of halogens is 1. The van der Waals surface area contributed by atoms with Crippen LogP contribution in [0.3, 0.4) is 0 Å². The van der Waals surface area contributed by atoms with E-state index in [-0.39, 0.29) is 46.7 Å². The fourth-order valence-electron chi connectivity index (χ4n) is 5.78. The molecule has 2 saturated carbocycles. The van der Waals surface area contributed by atoms with Crippen LogP contribution in [0, 0.1) is 11.7 Å². The summed E-state index contributed by atoms with van der Waals surface area (Å²) in [5.41, 5.74) is -0.499. The van der Waals surface area contributed by atoms with Gasteiger partial charge in [0.1, 0.15) is 11.5 Å². The summed E-state index contributed by atoms with van der Waals surface area (Å²) in [7, 11) is 0. The van der Waals surface area contributed by atoms with Gasteiger partial charge in [-0.1, -0.05) is 12.8 Å². The molecule has 1 amide bonds. The predicted octanol–water partition coefficient (Wildman–Crippen LogP) is 3.56. The first-order valence-corrected chi connectivity index (χ1v) is 13.4. The van der Waals surface area contributed by atoms with Gasteiger partial charge in [0.2, 0.25) is 5.91 Å². The van der Waals surface area contributed by atoms with E-state index in [4.69, 9.17) is 0 Å². The number of fused-ring (bicyclic) bond motifs is 1. The maximum atomic E-state index is 14.0. The Kier molecular flexibility index (Phi) is 6.58. The molecule has 0 spiro atoms. The summed E-state index contributed by atoms with van der Waals surface area (Å²) in [6.45, 7) is 0. The van der Waals surface area contributed by atoms with E-state index in [9.17, 15) is 18.8 Å². The van der Waals surface area contributed by atoms with Crippen LogP contribution in [-0.4, -0.2) is 37.6 Å². The van der Waals surface area contributed by atoms with E-state index in [1.165, 1.54) is 10.6 Å². The average molecular weight is 475 g/mol. The molecule has 2 aliphatic carbocycles. The molecular weight excluding hydrogens is 443 g/mol. The van der Waals surface area contributed by atoms with Gasteiger partial charge in [-0.05, 0) is 68.9 Å². The van der Waals surface area contributed by atoms with Crippen molar-refractivity contribution in [2.24, 2.45) is 5.92 Å². The Hall–Kier alpha value is -2.16. The van der Waals surface area contributed by atoms with Crippen LogP contribution in [0.25, 0.3) is 11.0 Å². The van der Waals surface area contributed by atoms with E-state index < -0.39 is 11.4 Å². The second-order valence-electron chi connectivity index (χ2n) is 9.69. The van der Waals surface area contributed by atoms with Crippen molar-refractivity contribution in [2.45, 2.75) is 82.3 Å². The molecule has 0 aromatic carbocycles. The predicted molar refractivity (Wildman–Crippen MR) is 127 cm³/mol. The lowest BCUT2D eigenvalue weighted by molar-refractivity contribution is -0.125. The lowest BCUT2D eigenvalue weighted by Gasteiger charge is -2.32. The summed E-state index contributed by atoms with van der Waals surface area (Å²) in [4.78, 5) is 43.6. The summed E-state index contributed by atoms with van der Waals surface area (Å²) in [6, 6.07) is 1.01. The van der Waals surface area contributed by atoms with E-state index >= 15 is 0 Å². The minimum atomic E-state index is -0.575. The van der Waals surface area contributed by atoms with Gasteiger partial charge < -0.3 is 5.32 Å². The largest absolute Gasteiger partial charge is 0.353 e. The maximum Gasteiger partial charge on any atom is 0.333 e. The molecule has 2 aromatic heterocycles. The van der Waals surface area contributed by atoms with Crippen molar-refractivity contribution in [1.29, 1.82) is 0 Å². The third kappa shape index (κ3) is 4.48. The molecular formula is C24H31FN4O3S. The SMILES string of the molecule is O=C(NC1CCC(n2c(=O)c3cc(F)cnc3n(C3CCSCC3)c2=O)CC1)C1CCCC1. The van der Waals surface area contributed by atoms with Crippen molar-refractivity contribution in [3.8, 4) is 0 Å². The second kappa shape index (κ2) is 9.60. The number of carbonyl (C=O) groups excluding carboxylic acids is 1. The topological polar surface area (TPSA) is 86.0 Å². The van der Waals surface area contributed by atoms with Crippen LogP contribution in [0.1, 0.15) is 76.3 Å². The minimum Gasteiger partial charge on any atom is -0.353 e. The van der Waals surface area contributed by atoms with E-state index in [0.717, 1.165) is 69.1 Å². The summed E-state index contributed by atoms with van der Waals surface area (Å²) >= 11 is 1.86. The molecule has 3 aliphatic rings. The van der Waals surface area contributed by atoms with Gasteiger partial charge in [-0.3, -0.25) is 18.7 Å². The summed E-state index contributed by atoms with van der Waals surface area (Å²) < 4.78 is 17.0. The van der Waals surface area contributed by atoms with Crippen LogP contribution >= 0.6 is 11.8 Å². The van der Waals surface area contributed by atoms with Crippen LogP contribution in [0.4, 0.5) is 4.39 Å². The number of pyridine rings is 1. The molecule has 178 valence electrons. The summed E-state index contributed by atoms with van der Waals surface area (Å²) in [6.07, 6.45) is 9.66. The lowest BCUT2D eigenvalue weighted by atomic mass is 9.90. The quantitative estimate of drug-likeness (QED) is 0.732. The van der Waals surface area contributed by atoms with E-state index in [1.807, 2.05) is 11.8 Å². The zero-order chi connectivity index (χ0) is 22.9. The molecule has 0 atom stereocenters. The van der Waals surface area contributed by atoms with Gasteiger partial charge in [-0.15, -0.1) is 0 Å². The van der Waals surface area contributed by atoms with Crippen molar-refractivity contribution in [1.82, 2.24) is 19.4 Å². The third-order valence-electron chi connectivity index (χ3n) is 7.61. The average Bonchev–Trinajstić information content (AvgIpc) is 3.37. The molecule has 7 nitrogen and oxygen atoms in total. The molecule has 1 saturated heterocycles. The van der Waals surface area contributed by atoms with Gasteiger partial charge in [-0.25, -0.2) is 14.2 Å². The first-order chi connectivity index (χ1) is 16.0. The van der Waals surface area contributed by atoms with Crippen molar-refractivity contribution < 1.29 is 9.18 Å². The van der Waals surface area contributed by atoms with Crippen molar-refractivity contribution >= 4 is 28.7 Å². The first-order valence-electron chi connectivity index (χ1n) is 12.2. The first kappa shape index (κ1) is 22.6. The smallest absolute Gasteiger partial charge is 0.333 e. The highest BCUT2D eigenvalue weighted by atomic mass is 32.2. The van der Waals surface area contributed by atoms with E-state index in [0.29, 0.717) is 12.8 Å². The molecule has 5 rings (SSSR count). The number of aromatic nitrogens is 3. The number of amides is 1. The molecule has 1 aliphatic heterocycles. The number of hydrogen-bond donors (Lipinski definition) is 1. The zero-order valence-electron chi connectivity index (χ0n) is 18.8. The molecule has 3 fully saturated rings. The molecule has 0 bridgehead atoms. The van der Waals surface area contributed by atoms with Crippen LogP contribution < -0.4 is 16.6 Å². The van der Waals surface area contributed by atoms with Crippen molar-refractivity contribution in [3.05, 3.63) is 38.9 Å². The molecule has 9 heteroatoms. The van der Waals surface area contributed by atoms with Gasteiger partial charge in [0.15, 0.2) is 0 Å². The highest BCUT2D eigenvalue weighted by molar-refractivity contribution is 7.99. The molecule has 0 radical (unpaired) electrons. The number of thioether (sulfide) groups is 1. The zero-order valence-corrected chi connectivity index (χ0v) is 19.6. The van der Waals surface area contributed by atoms with Crippen LogP contribution in [0.5, 0.6) is 0 Å². The molecule has 0 unspecified atom stereocenters. The Bertz CT molecular complexity index is 1140. The number of carbonyl (C=O) groups is 1. The molecule has 3 heterocycles. The van der Waals surface area contributed by atoms with Crippen LogP contribution in [0.2, 0.25) is 0 Å². The molecule has 1 N–H and O–H groups in total. The monoisotopic (exact) mass is 474 g/mol. The fourth-order valence-corrected chi connectivity index (χ4v) is 6.87. The molecule has 2 aromatic rings. The van der Waals surface area contributed by atoms with Gasteiger partial charge in [-0.2, -0.15) is 11.8 Å². The number of nitrogens with one attached hydrogen (secondary N) is 1. The third-order valence-corrected chi connectivity index (χ3v) is 8.66. The Morgan fingerprint density at radius 1 is 0.970 bits per heavy atom. The lowest BCUT2D eigenvalue weighted by Crippen LogP contribution is -2.47. The van der Waals surface area contributed by atoms with E-state index in [1.54, 1.807) is 4.57 Å². The Labute approximate surface area is 196 Å². The second-order valence-corrected chi connectivity index (χ2v) is 10.9. The summed E-state index contributed by atoms with van der Waals surface area (Å²) in [5, 5.41) is 3.36. The Morgan fingerprint density at radius 2 is 1.64 bits per heavy atom. The van der Waals surface area contributed by atoms with Crippen molar-refractivity contribution in [2.75, 3.05) is 11.5 Å². The number of hydrogen-bond acceptors (Lipinski definition) is 5. The normalized spacial score (nSPS) is 24.9. The van der Waals surface area contributed by atoms with Gasteiger partial charge in [0.25, 0.3) is 5.56 Å². The Balaban J connectivity index is 1.43. The minimum absolute atomic E-state index is 0.0342.